The van der Waals surface area contributed by atoms with Gasteiger partial charge in [-0.3, -0.25) is 9.59 Å². The number of amides is 2. The maximum atomic E-state index is 12.4. The van der Waals surface area contributed by atoms with Crippen LogP contribution in [0.1, 0.15) is 5.56 Å². The van der Waals surface area contributed by atoms with Crippen LogP contribution in [0.25, 0.3) is 0 Å². The Morgan fingerprint density at radius 3 is 2.57 bits per heavy atom. The molecule has 0 atom stereocenters. The molecule has 2 amide bonds. The van der Waals surface area contributed by atoms with E-state index in [2.05, 4.69) is 32.5 Å². The summed E-state index contributed by atoms with van der Waals surface area (Å²) in [5.74, 6) is 1.87. The molecule has 0 aliphatic carbocycles. The molecule has 2 aromatic rings. The number of rotatable bonds is 8. The average molecular weight is 438 g/mol. The summed E-state index contributed by atoms with van der Waals surface area (Å²) in [5, 5.41) is 11.8. The van der Waals surface area contributed by atoms with Crippen LogP contribution in [0.5, 0.6) is 0 Å². The van der Waals surface area contributed by atoms with E-state index in [1.807, 2.05) is 23.1 Å². The molecule has 2 heterocycles. The number of nitrogens with one attached hydrogen (secondary N) is 1. The summed E-state index contributed by atoms with van der Waals surface area (Å²) in [7, 11) is 1.62. The van der Waals surface area contributed by atoms with Crippen molar-refractivity contribution < 1.29 is 9.59 Å². The first-order chi connectivity index (χ1) is 13.7. The highest BCUT2D eigenvalue weighted by atomic mass is 32.2. The summed E-state index contributed by atoms with van der Waals surface area (Å²) in [6, 6.07) is 10.2. The smallest absolute Gasteiger partial charge is 0.232 e. The third-order valence-electron chi connectivity index (χ3n) is 4.24. The van der Waals surface area contributed by atoms with Crippen molar-refractivity contribution in [3.63, 3.8) is 0 Å². The molecular weight excluding hydrogens is 414 g/mol. The number of piperazine rings is 1. The molecule has 0 spiro atoms. The van der Waals surface area contributed by atoms with Crippen molar-refractivity contribution in [3.8, 4) is 0 Å². The Bertz CT molecular complexity index is 779. The molecule has 1 fully saturated rings. The van der Waals surface area contributed by atoms with Gasteiger partial charge in [0, 0.05) is 39.0 Å². The fourth-order valence-corrected chi connectivity index (χ4v) is 5.31. The maximum absolute atomic E-state index is 12.4. The van der Waals surface area contributed by atoms with Gasteiger partial charge in [0.25, 0.3) is 0 Å². The van der Waals surface area contributed by atoms with Gasteiger partial charge in [-0.05, 0) is 5.56 Å². The summed E-state index contributed by atoms with van der Waals surface area (Å²) in [6.45, 7) is 2.91. The van der Waals surface area contributed by atoms with E-state index in [0.717, 1.165) is 28.3 Å². The van der Waals surface area contributed by atoms with Crippen molar-refractivity contribution in [2.24, 2.45) is 0 Å². The molecule has 150 valence electrons. The molecular formula is C18H23N5O2S3. The zero-order valence-electron chi connectivity index (χ0n) is 15.7. The summed E-state index contributed by atoms with van der Waals surface area (Å²) in [6.07, 6.45) is 0. The average Bonchev–Trinajstić information content (AvgIpc) is 3.22. The van der Waals surface area contributed by atoms with Crippen LogP contribution in [-0.4, -0.2) is 71.6 Å². The second-order valence-corrected chi connectivity index (χ2v) is 9.32. The zero-order chi connectivity index (χ0) is 19.8. The Morgan fingerprint density at radius 1 is 1.11 bits per heavy atom. The van der Waals surface area contributed by atoms with Gasteiger partial charge in [-0.2, -0.15) is 0 Å². The Kier molecular flexibility index (Phi) is 7.99. The van der Waals surface area contributed by atoms with Gasteiger partial charge in [0.15, 0.2) is 4.34 Å². The number of carbonyl (C=O) groups excluding carboxylic acids is 2. The fourth-order valence-electron chi connectivity index (χ4n) is 2.66. The Hall–Kier alpha value is -1.78. The largest absolute Gasteiger partial charge is 0.358 e. The third kappa shape index (κ3) is 6.11. The lowest BCUT2D eigenvalue weighted by molar-refractivity contribution is -0.128. The first-order valence-corrected chi connectivity index (χ1v) is 11.9. The van der Waals surface area contributed by atoms with Gasteiger partial charge < -0.3 is 15.1 Å². The molecule has 0 unspecified atom stereocenters. The minimum absolute atomic E-state index is 0.0287. The molecule has 10 heteroatoms. The van der Waals surface area contributed by atoms with Crippen molar-refractivity contribution in [2.45, 2.75) is 10.1 Å². The van der Waals surface area contributed by atoms with E-state index < -0.39 is 0 Å². The molecule has 1 N–H and O–H groups in total. The van der Waals surface area contributed by atoms with Crippen LogP contribution in [0.15, 0.2) is 34.7 Å². The van der Waals surface area contributed by atoms with Gasteiger partial charge in [-0.1, -0.05) is 53.4 Å². The number of aromatic nitrogens is 2. The van der Waals surface area contributed by atoms with Crippen LogP contribution < -0.4 is 10.2 Å². The molecule has 28 heavy (non-hydrogen) atoms. The molecule has 0 bridgehead atoms. The second-order valence-electron chi connectivity index (χ2n) is 6.16. The number of hydrogen-bond acceptors (Lipinski definition) is 8. The van der Waals surface area contributed by atoms with Crippen LogP contribution in [0.2, 0.25) is 0 Å². The third-order valence-corrected chi connectivity index (χ3v) is 7.35. The van der Waals surface area contributed by atoms with Crippen LogP contribution in [0, 0.1) is 0 Å². The number of carbonyl (C=O) groups is 2. The van der Waals surface area contributed by atoms with Gasteiger partial charge >= 0.3 is 0 Å². The predicted molar refractivity (Wildman–Crippen MR) is 116 cm³/mol. The fraction of sp³-hybridized carbons (Fsp3) is 0.444. The molecule has 1 aliphatic rings. The Balaban J connectivity index is 1.39. The summed E-state index contributed by atoms with van der Waals surface area (Å²) < 4.78 is 0.786. The molecule has 1 aromatic heterocycles. The highest BCUT2D eigenvalue weighted by molar-refractivity contribution is 8.01. The van der Waals surface area contributed by atoms with Crippen molar-refractivity contribution in [2.75, 3.05) is 49.6 Å². The molecule has 1 aliphatic heterocycles. The van der Waals surface area contributed by atoms with Crippen molar-refractivity contribution in [3.05, 3.63) is 35.9 Å². The van der Waals surface area contributed by atoms with Crippen molar-refractivity contribution in [1.82, 2.24) is 20.4 Å². The SMILES string of the molecule is CNC(=O)CSc1nnc(N2CCN(C(=O)CSCc3ccccc3)CC2)s1. The first-order valence-electron chi connectivity index (χ1n) is 8.97. The minimum Gasteiger partial charge on any atom is -0.358 e. The topological polar surface area (TPSA) is 78.4 Å². The molecule has 1 saturated heterocycles. The summed E-state index contributed by atoms with van der Waals surface area (Å²) in [4.78, 5) is 27.8. The van der Waals surface area contributed by atoms with Crippen molar-refractivity contribution in [1.29, 1.82) is 0 Å². The van der Waals surface area contributed by atoms with Crippen LogP contribution >= 0.6 is 34.9 Å². The van der Waals surface area contributed by atoms with Gasteiger partial charge in [-0.15, -0.1) is 22.0 Å². The monoisotopic (exact) mass is 437 g/mol. The standard InChI is InChI=1S/C18H23N5O2S3/c1-19-15(24)12-27-18-21-20-17(28-18)23-9-7-22(8-10-23)16(25)13-26-11-14-5-3-2-4-6-14/h2-6H,7-13H2,1H3,(H,19,24). The van der Waals surface area contributed by atoms with Crippen LogP contribution in [0.4, 0.5) is 5.13 Å². The quantitative estimate of drug-likeness (QED) is 0.633. The number of anilines is 1. The van der Waals surface area contributed by atoms with E-state index in [9.17, 15) is 9.59 Å². The lowest BCUT2D eigenvalue weighted by atomic mass is 10.2. The van der Waals surface area contributed by atoms with Crippen molar-refractivity contribution >= 4 is 51.8 Å². The lowest BCUT2D eigenvalue weighted by Crippen LogP contribution is -2.49. The second kappa shape index (κ2) is 10.7. The van der Waals surface area contributed by atoms with Gasteiger partial charge in [-0.25, -0.2) is 0 Å². The Morgan fingerprint density at radius 2 is 1.86 bits per heavy atom. The van der Waals surface area contributed by atoms with Gasteiger partial charge in [0.2, 0.25) is 16.9 Å². The van der Waals surface area contributed by atoms with E-state index in [-0.39, 0.29) is 11.8 Å². The van der Waals surface area contributed by atoms with E-state index in [1.165, 1.54) is 28.7 Å². The van der Waals surface area contributed by atoms with E-state index in [1.54, 1.807) is 18.8 Å². The Labute approximate surface area is 177 Å². The van der Waals surface area contributed by atoms with Gasteiger partial charge in [0.05, 0.1) is 11.5 Å². The minimum atomic E-state index is -0.0287. The summed E-state index contributed by atoms with van der Waals surface area (Å²) >= 11 is 4.54. The molecule has 1 aromatic carbocycles. The van der Waals surface area contributed by atoms with Crippen LogP contribution in [0.3, 0.4) is 0 Å². The van der Waals surface area contributed by atoms with E-state index in [0.29, 0.717) is 24.6 Å². The number of thioether (sulfide) groups is 2. The highest BCUT2D eigenvalue weighted by Gasteiger charge is 2.23. The van der Waals surface area contributed by atoms with Crippen LogP contribution in [-0.2, 0) is 15.3 Å². The summed E-state index contributed by atoms with van der Waals surface area (Å²) in [5.41, 5.74) is 1.24. The zero-order valence-corrected chi connectivity index (χ0v) is 18.1. The normalized spacial score (nSPS) is 14.2. The first kappa shape index (κ1) is 20.9. The molecule has 0 radical (unpaired) electrons. The highest BCUT2D eigenvalue weighted by Crippen LogP contribution is 2.28. The van der Waals surface area contributed by atoms with E-state index in [4.69, 9.17) is 0 Å². The van der Waals surface area contributed by atoms with Gasteiger partial charge in [0.1, 0.15) is 0 Å². The molecule has 3 rings (SSSR count). The predicted octanol–water partition coefficient (Wildman–Crippen LogP) is 1.96. The number of benzene rings is 1. The molecule has 0 saturated carbocycles. The number of nitrogens with zero attached hydrogens (tertiary/aromatic N) is 4. The lowest BCUT2D eigenvalue weighted by Gasteiger charge is -2.34. The van der Waals surface area contributed by atoms with E-state index >= 15 is 0 Å². The maximum Gasteiger partial charge on any atom is 0.232 e. The number of hydrogen-bond donors (Lipinski definition) is 1. The molecule has 7 nitrogen and oxygen atoms in total.